The van der Waals surface area contributed by atoms with Crippen LogP contribution in [0.15, 0.2) is 40.2 Å². The normalized spacial score (nSPS) is 30.4. The van der Waals surface area contributed by atoms with Crippen molar-refractivity contribution in [3.63, 3.8) is 0 Å². The summed E-state index contributed by atoms with van der Waals surface area (Å²) < 4.78 is 5.22. The minimum Gasteiger partial charge on any atom is -0.450 e. The van der Waals surface area contributed by atoms with Gasteiger partial charge in [0.25, 0.3) is 0 Å². The third-order valence-electron chi connectivity index (χ3n) is 3.36. The van der Waals surface area contributed by atoms with Gasteiger partial charge in [0.05, 0.1) is 18.3 Å². The van der Waals surface area contributed by atoms with E-state index in [0.29, 0.717) is 12.0 Å². The molecule has 4 nitrogen and oxygen atoms in total. The molecule has 0 saturated heterocycles. The second-order valence-electron chi connectivity index (χ2n) is 4.98. The fraction of sp³-hybridized carbons (Fsp3) is 0.467. The van der Waals surface area contributed by atoms with Gasteiger partial charge in [0, 0.05) is 12.0 Å². The summed E-state index contributed by atoms with van der Waals surface area (Å²) in [5, 5.41) is 19.6. The maximum Gasteiger partial charge on any atom is 0.337 e. The number of allylic oxidation sites excluding steroid dienone is 1. The van der Waals surface area contributed by atoms with Gasteiger partial charge in [0.2, 0.25) is 0 Å². The van der Waals surface area contributed by atoms with Crippen molar-refractivity contribution in [2.45, 2.75) is 38.9 Å². The third-order valence-corrected chi connectivity index (χ3v) is 3.36. The number of aliphatic hydroxyl groups is 2. The topological polar surface area (TPSA) is 66.8 Å². The summed E-state index contributed by atoms with van der Waals surface area (Å²) >= 11 is 0. The molecule has 0 aromatic rings. The number of ether oxygens (including phenoxy) is 1. The first-order chi connectivity index (χ1) is 9.02. The van der Waals surface area contributed by atoms with Gasteiger partial charge < -0.3 is 14.9 Å². The van der Waals surface area contributed by atoms with Gasteiger partial charge >= 0.3 is 5.97 Å². The number of esters is 1. The predicted molar refractivity (Wildman–Crippen MR) is 70.3 cm³/mol. The van der Waals surface area contributed by atoms with Crippen molar-refractivity contribution in [3.05, 3.63) is 40.2 Å². The first-order valence-electron chi connectivity index (χ1n) is 6.33. The van der Waals surface area contributed by atoms with Crippen molar-refractivity contribution in [2.24, 2.45) is 0 Å². The molecule has 0 bridgehead atoms. The highest BCUT2D eigenvalue weighted by molar-refractivity contribution is 5.93. The number of aliphatic hydroxyl groups excluding tert-OH is 2. The third kappa shape index (κ3) is 2.87. The molecule has 4 heteroatoms. The molecule has 0 unspecified atom stereocenters. The highest BCUT2D eigenvalue weighted by Crippen LogP contribution is 2.30. The largest absolute Gasteiger partial charge is 0.450 e. The van der Waals surface area contributed by atoms with E-state index in [-0.39, 0.29) is 5.57 Å². The predicted octanol–water partition coefficient (Wildman–Crippen LogP) is 1.40. The molecule has 2 N–H and O–H groups in total. The number of fused-ring (bicyclic) bond motifs is 1. The van der Waals surface area contributed by atoms with E-state index in [0.717, 1.165) is 17.6 Å². The Morgan fingerprint density at radius 1 is 1.47 bits per heavy atom. The number of carbonyl (C=O) groups excluding carboxylic acids is 1. The molecular weight excluding hydrogens is 244 g/mol. The van der Waals surface area contributed by atoms with Crippen LogP contribution in [0.4, 0.5) is 0 Å². The summed E-state index contributed by atoms with van der Waals surface area (Å²) in [5.41, 5.74) is 5.72. The lowest BCUT2D eigenvalue weighted by atomic mass is 9.93. The molecule has 0 radical (unpaired) electrons. The first kappa shape index (κ1) is 13.8. The van der Waals surface area contributed by atoms with E-state index in [1.165, 1.54) is 0 Å². The molecule has 1 aliphatic carbocycles. The molecule has 2 atom stereocenters. The first-order valence-corrected chi connectivity index (χ1v) is 6.33. The van der Waals surface area contributed by atoms with Crippen LogP contribution in [0.1, 0.15) is 26.7 Å². The van der Waals surface area contributed by atoms with E-state index < -0.39 is 24.8 Å². The van der Waals surface area contributed by atoms with E-state index in [9.17, 15) is 15.0 Å². The van der Waals surface area contributed by atoms with Crippen molar-refractivity contribution in [1.82, 2.24) is 0 Å². The Balaban J connectivity index is 2.49. The fourth-order valence-electron chi connectivity index (χ4n) is 2.38. The molecule has 19 heavy (non-hydrogen) atoms. The fourth-order valence-corrected chi connectivity index (χ4v) is 2.38. The molecule has 1 aliphatic heterocycles. The Labute approximate surface area is 112 Å². The summed E-state index contributed by atoms with van der Waals surface area (Å²) in [4.78, 5) is 11.7. The second-order valence-corrected chi connectivity index (χ2v) is 4.98. The van der Waals surface area contributed by atoms with Gasteiger partial charge in [-0.25, -0.2) is 4.79 Å². The van der Waals surface area contributed by atoms with Gasteiger partial charge in [-0.1, -0.05) is 5.57 Å². The Kier molecular flexibility index (Phi) is 4.05. The minimum absolute atomic E-state index is 0.180. The lowest BCUT2D eigenvalue weighted by Crippen LogP contribution is -2.21. The molecule has 0 amide bonds. The van der Waals surface area contributed by atoms with Crippen LogP contribution in [0.2, 0.25) is 0 Å². The van der Waals surface area contributed by atoms with E-state index >= 15 is 0 Å². The van der Waals surface area contributed by atoms with Crippen molar-refractivity contribution in [3.8, 4) is 0 Å². The quantitative estimate of drug-likeness (QED) is 0.426. The van der Waals surface area contributed by atoms with Gasteiger partial charge in [-0.15, -0.1) is 5.73 Å². The minimum atomic E-state index is -0.832. The SMILES string of the molecule is CC1=C=CC/C(C)=C/[C@H]2OC(=O)C(CO)=C2[C@@H](O)C1. The molecule has 2 rings (SSSR count). The van der Waals surface area contributed by atoms with Crippen molar-refractivity contribution >= 4 is 5.97 Å². The summed E-state index contributed by atoms with van der Waals surface area (Å²) in [6.07, 6.45) is 3.44. The Bertz CT molecular complexity index is 518. The number of hydrogen-bond acceptors (Lipinski definition) is 4. The molecule has 102 valence electrons. The van der Waals surface area contributed by atoms with E-state index in [1.54, 1.807) is 0 Å². The molecule has 0 spiro atoms. The molecular formula is C15H18O4. The molecule has 1 heterocycles. The maximum atomic E-state index is 11.7. The van der Waals surface area contributed by atoms with E-state index in [1.807, 2.05) is 26.0 Å². The highest BCUT2D eigenvalue weighted by Gasteiger charge is 2.36. The van der Waals surface area contributed by atoms with Crippen LogP contribution >= 0.6 is 0 Å². The summed E-state index contributed by atoms with van der Waals surface area (Å²) in [5.74, 6) is -0.542. The lowest BCUT2D eigenvalue weighted by molar-refractivity contribution is -0.138. The second kappa shape index (κ2) is 5.57. The van der Waals surface area contributed by atoms with Crippen LogP contribution in [-0.4, -0.2) is 35.0 Å². The average Bonchev–Trinajstić information content (AvgIpc) is 2.64. The highest BCUT2D eigenvalue weighted by atomic mass is 16.5. The van der Waals surface area contributed by atoms with Gasteiger partial charge in [0.15, 0.2) is 0 Å². The number of rotatable bonds is 1. The monoisotopic (exact) mass is 262 g/mol. The van der Waals surface area contributed by atoms with Crippen molar-refractivity contribution in [2.75, 3.05) is 6.61 Å². The van der Waals surface area contributed by atoms with Gasteiger partial charge in [-0.2, -0.15) is 0 Å². The zero-order chi connectivity index (χ0) is 14.0. The van der Waals surface area contributed by atoms with Crippen LogP contribution < -0.4 is 0 Å². The molecule has 0 fully saturated rings. The van der Waals surface area contributed by atoms with Crippen LogP contribution in [0.5, 0.6) is 0 Å². The zero-order valence-corrected chi connectivity index (χ0v) is 11.1. The maximum absolute atomic E-state index is 11.7. The summed E-state index contributed by atoms with van der Waals surface area (Å²) in [7, 11) is 0. The molecule has 0 saturated carbocycles. The zero-order valence-electron chi connectivity index (χ0n) is 11.1. The Hall–Kier alpha value is -1.61. The van der Waals surface area contributed by atoms with Gasteiger partial charge in [-0.3, -0.25) is 0 Å². The Morgan fingerprint density at radius 2 is 2.21 bits per heavy atom. The van der Waals surface area contributed by atoms with Crippen LogP contribution in [0.25, 0.3) is 0 Å². The van der Waals surface area contributed by atoms with E-state index in [4.69, 9.17) is 4.74 Å². The average molecular weight is 262 g/mol. The van der Waals surface area contributed by atoms with Crippen LogP contribution in [0, 0.1) is 0 Å². The molecule has 0 aromatic carbocycles. The van der Waals surface area contributed by atoms with E-state index in [2.05, 4.69) is 5.73 Å². The number of carbonyl (C=O) groups is 1. The number of hydrogen-bond donors (Lipinski definition) is 2. The van der Waals surface area contributed by atoms with Crippen molar-refractivity contribution in [1.29, 1.82) is 0 Å². The smallest absolute Gasteiger partial charge is 0.337 e. The van der Waals surface area contributed by atoms with Crippen LogP contribution in [0.3, 0.4) is 0 Å². The van der Waals surface area contributed by atoms with Gasteiger partial charge in [-0.05, 0) is 38.0 Å². The Morgan fingerprint density at radius 3 is 2.89 bits per heavy atom. The standard InChI is InChI=1S/C15H18O4/c1-9-4-3-5-10(2)7-13-14(12(17)6-9)11(8-16)15(18)19-13/h3,7,12-13,16-17H,5-6,8H2,1-2H3/b10-7+/t4?,12-,13+/m0/s1. The summed E-state index contributed by atoms with van der Waals surface area (Å²) in [6, 6.07) is 0. The summed E-state index contributed by atoms with van der Waals surface area (Å²) in [6.45, 7) is 3.41. The van der Waals surface area contributed by atoms with Gasteiger partial charge in [0.1, 0.15) is 6.10 Å². The molecule has 2 aliphatic rings. The van der Waals surface area contributed by atoms with Crippen LogP contribution in [-0.2, 0) is 9.53 Å². The van der Waals surface area contributed by atoms with Crippen molar-refractivity contribution < 1.29 is 19.7 Å². The molecule has 0 aromatic heterocycles. The lowest BCUT2D eigenvalue weighted by Gasteiger charge is -2.18.